The Hall–Kier alpha value is -2.09. The number of aromatic amines is 1. The van der Waals surface area contributed by atoms with Crippen LogP contribution in [0.3, 0.4) is 0 Å². The maximum atomic E-state index is 11.5. The summed E-state index contributed by atoms with van der Waals surface area (Å²) in [5.41, 5.74) is 0.350. The number of aryl methyl sites for hydroxylation is 1. The molecule has 0 saturated heterocycles. The third kappa shape index (κ3) is 0.924. The van der Waals surface area contributed by atoms with Gasteiger partial charge in [0.05, 0.1) is 0 Å². The van der Waals surface area contributed by atoms with Gasteiger partial charge in [-0.1, -0.05) is 0 Å². The standard InChI is InChI=1S/C8H6N4O/c1-5-6(4-9)7(13)12-3-2-10-8(12)11-5/h2-3H,1H3,(H,10,11). The van der Waals surface area contributed by atoms with Crippen LogP contribution >= 0.6 is 0 Å². The maximum absolute atomic E-state index is 11.5. The SMILES string of the molecule is Cc1[nH]c2nccn2c(=O)c1C#N. The zero-order chi connectivity index (χ0) is 9.42. The number of hydrogen-bond donors (Lipinski definition) is 1. The molecule has 13 heavy (non-hydrogen) atoms. The summed E-state index contributed by atoms with van der Waals surface area (Å²) in [6.07, 6.45) is 3.03. The number of rotatable bonds is 0. The summed E-state index contributed by atoms with van der Waals surface area (Å²) in [5, 5.41) is 8.69. The summed E-state index contributed by atoms with van der Waals surface area (Å²) >= 11 is 0. The van der Waals surface area contributed by atoms with Crippen LogP contribution in [0.5, 0.6) is 0 Å². The van der Waals surface area contributed by atoms with Crippen molar-refractivity contribution in [3.8, 4) is 6.07 Å². The summed E-state index contributed by atoms with van der Waals surface area (Å²) in [6, 6.07) is 1.85. The average Bonchev–Trinajstić information content (AvgIpc) is 2.53. The molecule has 0 unspecified atom stereocenters. The van der Waals surface area contributed by atoms with Gasteiger partial charge in [0.2, 0.25) is 5.78 Å². The first-order valence-electron chi connectivity index (χ1n) is 3.70. The highest BCUT2D eigenvalue weighted by molar-refractivity contribution is 5.38. The molecule has 5 heteroatoms. The number of imidazole rings is 1. The first kappa shape index (κ1) is 7.55. The molecule has 0 amide bonds. The molecular formula is C8H6N4O. The monoisotopic (exact) mass is 174 g/mol. The third-order valence-electron chi connectivity index (χ3n) is 1.86. The fraction of sp³-hybridized carbons (Fsp3) is 0.125. The molecule has 0 saturated carbocycles. The second-order valence-corrected chi connectivity index (χ2v) is 2.66. The van der Waals surface area contributed by atoms with Crippen molar-refractivity contribution in [3.05, 3.63) is 34.0 Å². The van der Waals surface area contributed by atoms with Gasteiger partial charge in [0.1, 0.15) is 11.6 Å². The molecule has 0 fully saturated rings. The van der Waals surface area contributed by atoms with Crippen molar-refractivity contribution in [2.75, 3.05) is 0 Å². The van der Waals surface area contributed by atoms with Crippen molar-refractivity contribution in [2.45, 2.75) is 6.92 Å². The second kappa shape index (κ2) is 2.45. The second-order valence-electron chi connectivity index (χ2n) is 2.66. The Morgan fingerprint density at radius 2 is 2.46 bits per heavy atom. The van der Waals surface area contributed by atoms with Gasteiger partial charge in [-0.15, -0.1) is 0 Å². The van der Waals surface area contributed by atoms with Crippen LogP contribution in [-0.4, -0.2) is 14.4 Å². The first-order chi connectivity index (χ1) is 6.24. The van der Waals surface area contributed by atoms with Crippen molar-refractivity contribution in [2.24, 2.45) is 0 Å². The Morgan fingerprint density at radius 1 is 1.69 bits per heavy atom. The van der Waals surface area contributed by atoms with E-state index in [0.29, 0.717) is 11.5 Å². The Labute approximate surface area is 73.3 Å². The van der Waals surface area contributed by atoms with Gasteiger partial charge in [-0.05, 0) is 6.92 Å². The van der Waals surface area contributed by atoms with Gasteiger partial charge >= 0.3 is 0 Å². The molecule has 2 aromatic heterocycles. The van der Waals surface area contributed by atoms with Crippen LogP contribution in [0.25, 0.3) is 5.78 Å². The molecule has 0 aromatic carbocycles. The van der Waals surface area contributed by atoms with Gasteiger partial charge in [0.25, 0.3) is 5.56 Å². The molecule has 1 N–H and O–H groups in total. The van der Waals surface area contributed by atoms with E-state index in [1.807, 2.05) is 6.07 Å². The molecule has 64 valence electrons. The number of aromatic nitrogens is 3. The van der Waals surface area contributed by atoms with Crippen LogP contribution in [0.1, 0.15) is 11.3 Å². The van der Waals surface area contributed by atoms with Crippen molar-refractivity contribution in [1.29, 1.82) is 5.26 Å². The van der Waals surface area contributed by atoms with E-state index in [4.69, 9.17) is 5.26 Å². The summed E-state index contributed by atoms with van der Waals surface area (Å²) in [5.74, 6) is 0.460. The van der Waals surface area contributed by atoms with E-state index >= 15 is 0 Å². The van der Waals surface area contributed by atoms with Gasteiger partial charge in [0.15, 0.2) is 0 Å². The minimum Gasteiger partial charge on any atom is -0.328 e. The van der Waals surface area contributed by atoms with Crippen LogP contribution in [-0.2, 0) is 0 Å². The van der Waals surface area contributed by atoms with E-state index in [0.717, 1.165) is 0 Å². The van der Waals surface area contributed by atoms with E-state index in [1.165, 1.54) is 16.8 Å². The van der Waals surface area contributed by atoms with E-state index in [2.05, 4.69) is 9.97 Å². The number of fused-ring (bicyclic) bond motifs is 1. The number of hydrogen-bond acceptors (Lipinski definition) is 3. The molecule has 0 aliphatic carbocycles. The summed E-state index contributed by atoms with van der Waals surface area (Å²) < 4.78 is 1.31. The largest absolute Gasteiger partial charge is 0.328 e. The number of nitriles is 1. The van der Waals surface area contributed by atoms with E-state index in [9.17, 15) is 4.79 Å². The molecule has 0 spiro atoms. The van der Waals surface area contributed by atoms with Crippen molar-refractivity contribution >= 4 is 5.78 Å². The molecule has 5 nitrogen and oxygen atoms in total. The maximum Gasteiger partial charge on any atom is 0.277 e. The topological polar surface area (TPSA) is 74.0 Å². The zero-order valence-corrected chi connectivity index (χ0v) is 6.90. The lowest BCUT2D eigenvalue weighted by Gasteiger charge is -1.97. The Morgan fingerprint density at radius 3 is 3.15 bits per heavy atom. The molecule has 0 aliphatic rings. The molecular weight excluding hydrogens is 168 g/mol. The lowest BCUT2D eigenvalue weighted by molar-refractivity contribution is 1.01. The normalized spacial score (nSPS) is 10.2. The predicted octanol–water partition coefficient (Wildman–Crippen LogP) is 0.203. The van der Waals surface area contributed by atoms with E-state index < -0.39 is 0 Å². The van der Waals surface area contributed by atoms with E-state index in [-0.39, 0.29) is 11.1 Å². The minimum absolute atomic E-state index is 0.130. The molecule has 0 atom stereocenters. The van der Waals surface area contributed by atoms with Crippen LogP contribution in [0.15, 0.2) is 17.2 Å². The first-order valence-corrected chi connectivity index (χ1v) is 3.70. The molecule has 2 aromatic rings. The van der Waals surface area contributed by atoms with Crippen molar-refractivity contribution < 1.29 is 0 Å². The summed E-state index contributed by atoms with van der Waals surface area (Å²) in [4.78, 5) is 18.3. The smallest absolute Gasteiger partial charge is 0.277 e. The lowest BCUT2D eigenvalue weighted by atomic mass is 10.3. The Balaban J connectivity index is 3.04. The molecule has 0 aliphatic heterocycles. The highest BCUT2D eigenvalue weighted by Gasteiger charge is 2.07. The van der Waals surface area contributed by atoms with Crippen LogP contribution in [0.4, 0.5) is 0 Å². The summed E-state index contributed by atoms with van der Waals surface area (Å²) in [7, 11) is 0. The van der Waals surface area contributed by atoms with Gasteiger partial charge in [-0.2, -0.15) is 5.26 Å². The third-order valence-corrected chi connectivity index (χ3v) is 1.86. The van der Waals surface area contributed by atoms with Gasteiger partial charge in [-0.25, -0.2) is 4.98 Å². The average molecular weight is 174 g/mol. The fourth-order valence-electron chi connectivity index (χ4n) is 1.20. The summed E-state index contributed by atoms with van der Waals surface area (Å²) in [6.45, 7) is 1.68. The highest BCUT2D eigenvalue weighted by Crippen LogP contribution is 1.99. The molecule has 2 rings (SSSR count). The highest BCUT2D eigenvalue weighted by atomic mass is 16.1. The number of nitrogens with one attached hydrogen (secondary N) is 1. The predicted molar refractivity (Wildman–Crippen MR) is 45.3 cm³/mol. The Kier molecular flexibility index (Phi) is 1.43. The molecule has 0 radical (unpaired) electrons. The lowest BCUT2D eigenvalue weighted by Crippen LogP contribution is -2.18. The number of H-pyrrole nitrogens is 1. The Bertz CT molecular complexity index is 558. The van der Waals surface area contributed by atoms with Gasteiger partial charge in [-0.3, -0.25) is 9.20 Å². The van der Waals surface area contributed by atoms with Crippen LogP contribution in [0.2, 0.25) is 0 Å². The van der Waals surface area contributed by atoms with Gasteiger partial charge < -0.3 is 4.98 Å². The minimum atomic E-state index is -0.328. The fourth-order valence-corrected chi connectivity index (χ4v) is 1.20. The van der Waals surface area contributed by atoms with Crippen LogP contribution < -0.4 is 5.56 Å². The van der Waals surface area contributed by atoms with Crippen molar-refractivity contribution in [1.82, 2.24) is 14.4 Å². The number of nitrogens with zero attached hydrogens (tertiary/aromatic N) is 3. The van der Waals surface area contributed by atoms with Gasteiger partial charge in [0, 0.05) is 18.1 Å². The van der Waals surface area contributed by atoms with Crippen LogP contribution in [0, 0.1) is 18.3 Å². The van der Waals surface area contributed by atoms with E-state index in [1.54, 1.807) is 6.92 Å². The van der Waals surface area contributed by atoms with Crippen molar-refractivity contribution in [3.63, 3.8) is 0 Å². The molecule has 0 bridgehead atoms. The quantitative estimate of drug-likeness (QED) is 0.620. The molecule has 2 heterocycles. The zero-order valence-electron chi connectivity index (χ0n) is 6.90.